The summed E-state index contributed by atoms with van der Waals surface area (Å²) >= 11 is 0. The minimum atomic E-state index is 0.412. The Labute approximate surface area is 129 Å². The lowest BCUT2D eigenvalue weighted by molar-refractivity contribution is 0.339. The van der Waals surface area contributed by atoms with Crippen LogP contribution >= 0.6 is 0 Å². The highest BCUT2D eigenvalue weighted by Gasteiger charge is 2.15. The average Bonchev–Trinajstić information content (AvgIpc) is 2.53. The van der Waals surface area contributed by atoms with Gasteiger partial charge in [0.15, 0.2) is 0 Å². The van der Waals surface area contributed by atoms with Gasteiger partial charge in [0, 0.05) is 6.04 Å². The van der Waals surface area contributed by atoms with Crippen molar-refractivity contribution in [2.45, 2.75) is 58.4 Å². The number of ether oxygens (including phenoxy) is 1. The van der Waals surface area contributed by atoms with E-state index in [2.05, 4.69) is 36.5 Å². The first-order valence-corrected chi connectivity index (χ1v) is 8.47. The first-order chi connectivity index (χ1) is 10.3. The molecule has 0 saturated heterocycles. The van der Waals surface area contributed by atoms with E-state index in [4.69, 9.17) is 4.74 Å². The third-order valence-electron chi connectivity index (χ3n) is 4.06. The molecular weight excluding hydrogens is 258 g/mol. The summed E-state index contributed by atoms with van der Waals surface area (Å²) in [5.74, 6) is 0.982. The second-order valence-electron chi connectivity index (χ2n) is 5.82. The standard InChI is InChI=1S/C19H29NO/c1-3-13-20-19(14-16-9-6-5-7-10-16)17-11-8-12-18(15-17)21-4-2/h8-9,11-12,15,19-20H,3-7,10,13-14H2,1-2H3. The highest BCUT2D eigenvalue weighted by molar-refractivity contribution is 5.31. The molecule has 2 heteroatoms. The van der Waals surface area contributed by atoms with Gasteiger partial charge in [-0.2, -0.15) is 0 Å². The van der Waals surface area contributed by atoms with Gasteiger partial charge in [-0.25, -0.2) is 0 Å². The number of hydrogen-bond donors (Lipinski definition) is 1. The van der Waals surface area contributed by atoms with Crippen molar-refractivity contribution in [3.63, 3.8) is 0 Å². The minimum Gasteiger partial charge on any atom is -0.494 e. The van der Waals surface area contributed by atoms with Crippen LogP contribution in [-0.2, 0) is 0 Å². The quantitative estimate of drug-likeness (QED) is 0.678. The Morgan fingerprint density at radius 1 is 1.24 bits per heavy atom. The van der Waals surface area contributed by atoms with Crippen molar-refractivity contribution >= 4 is 0 Å². The molecule has 1 aromatic carbocycles. The summed E-state index contributed by atoms with van der Waals surface area (Å²) in [5, 5.41) is 3.71. The van der Waals surface area contributed by atoms with Crippen molar-refractivity contribution in [1.29, 1.82) is 0 Å². The fraction of sp³-hybridized carbons (Fsp3) is 0.579. The van der Waals surface area contributed by atoms with Crippen molar-refractivity contribution in [1.82, 2.24) is 5.32 Å². The van der Waals surface area contributed by atoms with Crippen molar-refractivity contribution in [2.75, 3.05) is 13.2 Å². The fourth-order valence-electron chi connectivity index (χ4n) is 2.97. The molecule has 0 aromatic heterocycles. The average molecular weight is 287 g/mol. The van der Waals surface area contributed by atoms with Gasteiger partial charge in [0.2, 0.25) is 0 Å². The molecule has 0 spiro atoms. The first-order valence-electron chi connectivity index (χ1n) is 8.47. The molecule has 1 atom stereocenters. The van der Waals surface area contributed by atoms with Crippen LogP contribution in [-0.4, -0.2) is 13.2 Å². The molecule has 0 fully saturated rings. The van der Waals surface area contributed by atoms with Gasteiger partial charge in [-0.1, -0.05) is 30.7 Å². The molecule has 1 unspecified atom stereocenters. The van der Waals surface area contributed by atoms with Gasteiger partial charge >= 0.3 is 0 Å². The van der Waals surface area contributed by atoms with Crippen LogP contribution in [0.1, 0.15) is 64.0 Å². The number of rotatable bonds is 8. The van der Waals surface area contributed by atoms with Crippen molar-refractivity contribution in [3.8, 4) is 5.75 Å². The molecule has 0 amide bonds. The number of allylic oxidation sites excluding steroid dienone is 1. The molecule has 21 heavy (non-hydrogen) atoms. The monoisotopic (exact) mass is 287 g/mol. The summed E-state index contributed by atoms with van der Waals surface area (Å²) in [4.78, 5) is 0. The maximum atomic E-state index is 5.65. The largest absolute Gasteiger partial charge is 0.494 e. The Morgan fingerprint density at radius 2 is 2.14 bits per heavy atom. The van der Waals surface area contributed by atoms with Gasteiger partial charge in [0.05, 0.1) is 6.61 Å². The second kappa shape index (κ2) is 8.89. The highest BCUT2D eigenvalue weighted by Crippen LogP contribution is 2.29. The van der Waals surface area contributed by atoms with E-state index in [0.29, 0.717) is 6.04 Å². The maximum absolute atomic E-state index is 5.65. The number of hydrogen-bond acceptors (Lipinski definition) is 2. The lowest BCUT2D eigenvalue weighted by Gasteiger charge is -2.23. The van der Waals surface area contributed by atoms with E-state index in [1.165, 1.54) is 37.7 Å². The molecule has 0 aliphatic heterocycles. The van der Waals surface area contributed by atoms with Crippen molar-refractivity contribution in [3.05, 3.63) is 41.5 Å². The fourth-order valence-corrected chi connectivity index (χ4v) is 2.97. The molecule has 0 heterocycles. The van der Waals surface area contributed by atoms with Gasteiger partial charge in [0.25, 0.3) is 0 Å². The normalized spacial score (nSPS) is 16.4. The summed E-state index contributed by atoms with van der Waals surface area (Å²) in [5.41, 5.74) is 2.97. The van der Waals surface area contributed by atoms with E-state index in [-0.39, 0.29) is 0 Å². The Bertz CT molecular complexity index is 453. The molecule has 0 bridgehead atoms. The van der Waals surface area contributed by atoms with E-state index < -0.39 is 0 Å². The first kappa shape index (κ1) is 16.1. The molecule has 0 saturated carbocycles. The van der Waals surface area contributed by atoms with Gasteiger partial charge in [-0.05, 0) is 69.7 Å². The number of nitrogens with one attached hydrogen (secondary N) is 1. The molecule has 1 N–H and O–H groups in total. The summed E-state index contributed by atoms with van der Waals surface area (Å²) in [6.07, 6.45) is 10.00. The summed E-state index contributed by atoms with van der Waals surface area (Å²) in [6.45, 7) is 6.05. The van der Waals surface area contributed by atoms with E-state index in [1.54, 1.807) is 5.57 Å². The highest BCUT2D eigenvalue weighted by atomic mass is 16.5. The topological polar surface area (TPSA) is 21.3 Å². The summed E-state index contributed by atoms with van der Waals surface area (Å²) in [6, 6.07) is 8.98. The van der Waals surface area contributed by atoms with Crippen LogP contribution in [0.2, 0.25) is 0 Å². The predicted molar refractivity (Wildman–Crippen MR) is 89.8 cm³/mol. The third-order valence-corrected chi connectivity index (χ3v) is 4.06. The third kappa shape index (κ3) is 5.20. The molecular formula is C19H29NO. The van der Waals surface area contributed by atoms with Gasteiger partial charge < -0.3 is 10.1 Å². The summed E-state index contributed by atoms with van der Waals surface area (Å²) in [7, 11) is 0. The Hall–Kier alpha value is -1.28. The summed E-state index contributed by atoms with van der Waals surface area (Å²) < 4.78 is 5.65. The van der Waals surface area contributed by atoms with Crippen molar-refractivity contribution in [2.24, 2.45) is 0 Å². The zero-order valence-electron chi connectivity index (χ0n) is 13.5. The lowest BCUT2D eigenvalue weighted by Crippen LogP contribution is -2.23. The van der Waals surface area contributed by atoms with Crippen LogP contribution in [0.4, 0.5) is 0 Å². The Morgan fingerprint density at radius 3 is 2.86 bits per heavy atom. The van der Waals surface area contributed by atoms with Crippen LogP contribution in [0, 0.1) is 0 Å². The van der Waals surface area contributed by atoms with Crippen LogP contribution in [0.3, 0.4) is 0 Å². The number of benzene rings is 1. The molecule has 1 aliphatic rings. The van der Waals surface area contributed by atoms with Gasteiger partial charge in [-0.15, -0.1) is 0 Å². The van der Waals surface area contributed by atoms with E-state index in [1.807, 2.05) is 13.0 Å². The van der Waals surface area contributed by atoms with Gasteiger partial charge in [0.1, 0.15) is 5.75 Å². The molecule has 116 valence electrons. The van der Waals surface area contributed by atoms with Crippen LogP contribution in [0.5, 0.6) is 5.75 Å². The Balaban J connectivity index is 2.10. The van der Waals surface area contributed by atoms with E-state index >= 15 is 0 Å². The van der Waals surface area contributed by atoms with Crippen molar-refractivity contribution < 1.29 is 4.74 Å². The van der Waals surface area contributed by atoms with E-state index in [0.717, 1.165) is 25.3 Å². The molecule has 1 aliphatic carbocycles. The van der Waals surface area contributed by atoms with E-state index in [9.17, 15) is 0 Å². The predicted octanol–water partition coefficient (Wildman–Crippen LogP) is 5.02. The van der Waals surface area contributed by atoms with Gasteiger partial charge in [-0.3, -0.25) is 0 Å². The molecule has 1 aromatic rings. The zero-order chi connectivity index (χ0) is 14.9. The van der Waals surface area contributed by atoms with Crippen LogP contribution < -0.4 is 10.1 Å². The maximum Gasteiger partial charge on any atom is 0.119 e. The SMILES string of the molecule is CCCNC(CC1=CCCCC1)c1cccc(OCC)c1. The van der Waals surface area contributed by atoms with Crippen LogP contribution in [0.25, 0.3) is 0 Å². The lowest BCUT2D eigenvalue weighted by atomic mass is 9.91. The smallest absolute Gasteiger partial charge is 0.119 e. The second-order valence-corrected chi connectivity index (χ2v) is 5.82. The molecule has 2 rings (SSSR count). The Kier molecular flexibility index (Phi) is 6.81. The zero-order valence-corrected chi connectivity index (χ0v) is 13.5. The molecule has 0 radical (unpaired) electrons. The minimum absolute atomic E-state index is 0.412. The molecule has 2 nitrogen and oxygen atoms in total. The van der Waals surface area contributed by atoms with Crippen LogP contribution in [0.15, 0.2) is 35.9 Å².